The quantitative estimate of drug-likeness (QED) is 0.867. The molecule has 0 aromatic heterocycles. The van der Waals surface area contributed by atoms with Crippen molar-refractivity contribution in [2.45, 2.75) is 25.5 Å². The molecule has 3 rings (SSSR count). The summed E-state index contributed by atoms with van der Waals surface area (Å²) in [6, 6.07) is 14.5. The fraction of sp³-hybridized carbons (Fsp3) is 0.333. The first-order valence-corrected chi connectivity index (χ1v) is 9.35. The lowest BCUT2D eigenvalue weighted by atomic mass is 9.99. The molecule has 0 spiro atoms. The molecule has 0 N–H and O–H groups in total. The molecule has 1 unspecified atom stereocenters. The summed E-state index contributed by atoms with van der Waals surface area (Å²) >= 11 is 0. The van der Waals surface area contributed by atoms with Crippen molar-refractivity contribution in [2.24, 2.45) is 5.92 Å². The molecule has 0 saturated carbocycles. The van der Waals surface area contributed by atoms with Crippen LogP contribution in [-0.2, 0) is 28.4 Å². The molecule has 0 heterocycles. The Morgan fingerprint density at radius 1 is 1.00 bits per heavy atom. The average Bonchev–Trinajstić information content (AvgIpc) is 2.76. The zero-order valence-electron chi connectivity index (χ0n) is 12.5. The Labute approximate surface area is 126 Å². The van der Waals surface area contributed by atoms with Crippen LogP contribution >= 0.6 is 0 Å². The molecule has 0 amide bonds. The third-order valence-electron chi connectivity index (χ3n) is 4.03. The zero-order chi connectivity index (χ0) is 15.0. The van der Waals surface area contributed by atoms with Gasteiger partial charge in [-0.1, -0.05) is 49.4 Å². The van der Waals surface area contributed by atoms with Gasteiger partial charge in [0.1, 0.15) is 0 Å². The molecule has 21 heavy (non-hydrogen) atoms. The van der Waals surface area contributed by atoms with E-state index in [1.807, 2.05) is 24.3 Å². The van der Waals surface area contributed by atoms with Crippen molar-refractivity contribution in [3.05, 3.63) is 59.2 Å². The van der Waals surface area contributed by atoms with Gasteiger partial charge in [-0.15, -0.1) is 0 Å². The van der Waals surface area contributed by atoms with E-state index in [4.69, 9.17) is 0 Å². The van der Waals surface area contributed by atoms with Gasteiger partial charge in [-0.25, -0.2) is 8.42 Å². The van der Waals surface area contributed by atoms with Crippen molar-refractivity contribution < 1.29 is 8.42 Å². The molecule has 2 nitrogen and oxygen atoms in total. The van der Waals surface area contributed by atoms with E-state index in [2.05, 4.69) is 25.1 Å². The maximum atomic E-state index is 11.4. The van der Waals surface area contributed by atoms with Gasteiger partial charge in [0, 0.05) is 6.26 Å². The molecular weight excluding hydrogens is 280 g/mol. The summed E-state index contributed by atoms with van der Waals surface area (Å²) in [5, 5.41) is 0. The molecule has 1 aliphatic rings. The molecule has 0 bridgehead atoms. The summed E-state index contributed by atoms with van der Waals surface area (Å²) in [5.41, 5.74) is 6.02. The summed E-state index contributed by atoms with van der Waals surface area (Å²) < 4.78 is 22.9. The van der Waals surface area contributed by atoms with Crippen LogP contribution in [0.15, 0.2) is 42.5 Å². The van der Waals surface area contributed by atoms with E-state index in [1.54, 1.807) is 0 Å². The van der Waals surface area contributed by atoms with Gasteiger partial charge in [0.15, 0.2) is 9.84 Å². The largest absolute Gasteiger partial charge is 0.229 e. The van der Waals surface area contributed by atoms with E-state index < -0.39 is 9.84 Å². The first-order valence-electron chi connectivity index (χ1n) is 7.29. The van der Waals surface area contributed by atoms with Gasteiger partial charge in [0.25, 0.3) is 0 Å². The number of rotatable bonds is 3. The standard InChI is InChI=1S/C18H20O2S/c1-13-8-16-6-7-17(11-18(16)9-13)15-5-3-4-14(10-15)12-21(2,19)20/h3-7,10-11,13H,8-9,12H2,1-2H3. The number of benzene rings is 2. The van der Waals surface area contributed by atoms with Gasteiger partial charge >= 0.3 is 0 Å². The molecule has 3 heteroatoms. The SMILES string of the molecule is CC1Cc2ccc(-c3cccc(CS(C)(=O)=O)c3)cc2C1. The smallest absolute Gasteiger partial charge is 0.151 e. The van der Waals surface area contributed by atoms with Crippen molar-refractivity contribution in [2.75, 3.05) is 6.26 Å². The molecule has 2 aromatic rings. The van der Waals surface area contributed by atoms with E-state index >= 15 is 0 Å². The van der Waals surface area contributed by atoms with Crippen LogP contribution in [-0.4, -0.2) is 14.7 Å². The van der Waals surface area contributed by atoms with Crippen LogP contribution in [0.4, 0.5) is 0 Å². The molecule has 0 fully saturated rings. The van der Waals surface area contributed by atoms with E-state index in [9.17, 15) is 8.42 Å². The summed E-state index contributed by atoms with van der Waals surface area (Å²) in [6.07, 6.45) is 3.59. The third kappa shape index (κ3) is 3.35. The lowest BCUT2D eigenvalue weighted by Crippen LogP contribution is -2.00. The van der Waals surface area contributed by atoms with Crippen LogP contribution in [0.25, 0.3) is 11.1 Å². The van der Waals surface area contributed by atoms with Crippen molar-refractivity contribution in [3.8, 4) is 11.1 Å². The van der Waals surface area contributed by atoms with Gasteiger partial charge in [-0.2, -0.15) is 0 Å². The van der Waals surface area contributed by atoms with Gasteiger partial charge < -0.3 is 0 Å². The Hall–Kier alpha value is -1.61. The third-order valence-corrected chi connectivity index (χ3v) is 4.89. The first kappa shape index (κ1) is 14.3. The Kier molecular flexibility index (Phi) is 3.62. The van der Waals surface area contributed by atoms with Crippen LogP contribution in [0.3, 0.4) is 0 Å². The van der Waals surface area contributed by atoms with Crippen LogP contribution in [0.2, 0.25) is 0 Å². The molecule has 0 aliphatic heterocycles. The fourth-order valence-corrected chi connectivity index (χ4v) is 3.95. The number of fused-ring (bicyclic) bond motifs is 1. The van der Waals surface area contributed by atoms with Crippen LogP contribution in [0.1, 0.15) is 23.6 Å². The zero-order valence-corrected chi connectivity index (χ0v) is 13.3. The van der Waals surface area contributed by atoms with Gasteiger partial charge in [0.05, 0.1) is 5.75 Å². The van der Waals surface area contributed by atoms with Crippen LogP contribution < -0.4 is 0 Å². The predicted molar refractivity (Wildman–Crippen MR) is 87.0 cm³/mol. The molecule has 110 valence electrons. The highest BCUT2D eigenvalue weighted by Crippen LogP contribution is 2.31. The van der Waals surface area contributed by atoms with E-state index in [0.29, 0.717) is 0 Å². The van der Waals surface area contributed by atoms with E-state index in [-0.39, 0.29) is 5.75 Å². The highest BCUT2D eigenvalue weighted by Gasteiger charge is 2.18. The first-order chi connectivity index (χ1) is 9.90. The maximum absolute atomic E-state index is 11.4. The molecule has 0 saturated heterocycles. The Morgan fingerprint density at radius 3 is 2.48 bits per heavy atom. The minimum atomic E-state index is -2.99. The van der Waals surface area contributed by atoms with Gasteiger partial charge in [-0.3, -0.25) is 0 Å². The van der Waals surface area contributed by atoms with Crippen molar-refractivity contribution >= 4 is 9.84 Å². The minimum Gasteiger partial charge on any atom is -0.229 e. The highest BCUT2D eigenvalue weighted by molar-refractivity contribution is 7.89. The second-order valence-corrected chi connectivity index (χ2v) is 8.41. The molecule has 1 atom stereocenters. The summed E-state index contributed by atoms with van der Waals surface area (Å²) in [6.45, 7) is 2.28. The van der Waals surface area contributed by atoms with E-state index in [0.717, 1.165) is 23.5 Å². The van der Waals surface area contributed by atoms with Crippen molar-refractivity contribution in [1.29, 1.82) is 0 Å². The number of sulfone groups is 1. The van der Waals surface area contributed by atoms with Gasteiger partial charge in [-0.05, 0) is 46.6 Å². The molecular formula is C18H20O2S. The second kappa shape index (κ2) is 5.30. The summed E-state index contributed by atoms with van der Waals surface area (Å²) in [7, 11) is -2.99. The van der Waals surface area contributed by atoms with Gasteiger partial charge in [0.2, 0.25) is 0 Å². The lowest BCUT2D eigenvalue weighted by Gasteiger charge is -2.07. The maximum Gasteiger partial charge on any atom is 0.151 e. The van der Waals surface area contributed by atoms with Crippen molar-refractivity contribution in [3.63, 3.8) is 0 Å². The average molecular weight is 300 g/mol. The fourth-order valence-electron chi connectivity index (χ4n) is 3.16. The predicted octanol–water partition coefficient (Wildman–Crippen LogP) is 3.63. The molecule has 0 radical (unpaired) electrons. The normalized spacial score (nSPS) is 17.7. The van der Waals surface area contributed by atoms with Crippen LogP contribution in [0.5, 0.6) is 0 Å². The van der Waals surface area contributed by atoms with Crippen molar-refractivity contribution in [1.82, 2.24) is 0 Å². The minimum absolute atomic E-state index is 0.100. The second-order valence-electron chi connectivity index (χ2n) is 6.27. The Bertz CT molecular complexity index is 776. The number of hydrogen-bond donors (Lipinski definition) is 0. The molecule has 1 aliphatic carbocycles. The number of hydrogen-bond acceptors (Lipinski definition) is 2. The molecule has 2 aromatic carbocycles. The Morgan fingerprint density at radius 2 is 1.71 bits per heavy atom. The highest BCUT2D eigenvalue weighted by atomic mass is 32.2. The monoisotopic (exact) mass is 300 g/mol. The lowest BCUT2D eigenvalue weighted by molar-refractivity contribution is 0.601. The Balaban J connectivity index is 1.94. The summed E-state index contributed by atoms with van der Waals surface area (Å²) in [4.78, 5) is 0. The topological polar surface area (TPSA) is 34.1 Å². The van der Waals surface area contributed by atoms with Crippen LogP contribution in [0, 0.1) is 5.92 Å². The summed E-state index contributed by atoms with van der Waals surface area (Å²) in [5.74, 6) is 0.829. The van der Waals surface area contributed by atoms with E-state index in [1.165, 1.54) is 29.4 Å².